The predicted octanol–water partition coefficient (Wildman–Crippen LogP) is 4.05. The van der Waals surface area contributed by atoms with Crippen LogP contribution < -0.4 is 5.32 Å². The summed E-state index contributed by atoms with van der Waals surface area (Å²) in [5, 5.41) is 3.69. The Morgan fingerprint density at radius 3 is 2.50 bits per heavy atom. The molecule has 1 fully saturated rings. The minimum atomic E-state index is 0.368. The lowest BCUT2D eigenvalue weighted by Gasteiger charge is -2.33. The molecule has 112 valence electrons. The van der Waals surface area contributed by atoms with Gasteiger partial charge in [-0.15, -0.1) is 0 Å². The van der Waals surface area contributed by atoms with Crippen LogP contribution in [0, 0.1) is 5.41 Å². The summed E-state index contributed by atoms with van der Waals surface area (Å²) < 4.78 is 1.15. The summed E-state index contributed by atoms with van der Waals surface area (Å²) in [5.74, 6) is 0. The molecule has 0 radical (unpaired) electrons. The molecule has 1 aliphatic carbocycles. The van der Waals surface area contributed by atoms with Gasteiger partial charge in [-0.05, 0) is 49.4 Å². The molecule has 1 N–H and O–H groups in total. The quantitative estimate of drug-likeness (QED) is 0.769. The summed E-state index contributed by atoms with van der Waals surface area (Å²) in [6, 6.07) is 9.45. The zero-order valence-corrected chi connectivity index (χ0v) is 14.5. The minimum Gasteiger partial charge on any atom is -0.313 e. The lowest BCUT2D eigenvalue weighted by Crippen LogP contribution is -2.41. The van der Waals surface area contributed by atoms with Gasteiger partial charge < -0.3 is 10.2 Å². The number of nitrogens with zero attached hydrogens (tertiary/aromatic N) is 1. The Kier molecular flexibility index (Phi) is 5.65. The highest BCUT2D eigenvalue weighted by Gasteiger charge is 2.28. The van der Waals surface area contributed by atoms with E-state index in [-0.39, 0.29) is 0 Å². The Balaban J connectivity index is 1.83. The molecule has 3 heteroatoms. The maximum absolute atomic E-state index is 3.69. The van der Waals surface area contributed by atoms with Gasteiger partial charge in [0.15, 0.2) is 0 Å². The van der Waals surface area contributed by atoms with Crippen LogP contribution in [-0.2, 0) is 6.54 Å². The fourth-order valence-electron chi connectivity index (χ4n) is 2.58. The van der Waals surface area contributed by atoms with Crippen molar-refractivity contribution in [2.45, 2.75) is 45.7 Å². The maximum Gasteiger partial charge on any atom is 0.0230 e. The number of hydrogen-bond acceptors (Lipinski definition) is 2. The summed E-state index contributed by atoms with van der Waals surface area (Å²) in [4.78, 5) is 2.45. The average molecular weight is 339 g/mol. The Morgan fingerprint density at radius 2 is 1.95 bits per heavy atom. The Labute approximate surface area is 132 Å². The molecule has 1 aromatic carbocycles. The van der Waals surface area contributed by atoms with Crippen LogP contribution in [-0.4, -0.2) is 31.1 Å². The van der Waals surface area contributed by atoms with Crippen LogP contribution in [0.15, 0.2) is 28.7 Å². The highest BCUT2D eigenvalue weighted by Crippen LogP contribution is 2.25. The van der Waals surface area contributed by atoms with Crippen molar-refractivity contribution in [1.82, 2.24) is 10.2 Å². The summed E-state index contributed by atoms with van der Waals surface area (Å²) >= 11 is 3.49. The molecule has 0 aliphatic heterocycles. The first-order chi connectivity index (χ1) is 9.50. The van der Waals surface area contributed by atoms with E-state index in [0.29, 0.717) is 5.41 Å². The van der Waals surface area contributed by atoms with Gasteiger partial charge in [0, 0.05) is 30.1 Å². The Morgan fingerprint density at radius 1 is 1.30 bits per heavy atom. The molecule has 1 unspecified atom stereocenters. The van der Waals surface area contributed by atoms with Crippen LogP contribution in [0.4, 0.5) is 0 Å². The molecule has 20 heavy (non-hydrogen) atoms. The van der Waals surface area contributed by atoms with E-state index in [1.165, 1.54) is 24.8 Å². The number of halogens is 1. The van der Waals surface area contributed by atoms with Gasteiger partial charge in [-0.1, -0.05) is 41.9 Å². The third kappa shape index (κ3) is 5.19. The summed E-state index contributed by atoms with van der Waals surface area (Å²) in [6.07, 6.45) is 3.96. The van der Waals surface area contributed by atoms with E-state index in [4.69, 9.17) is 0 Å². The molecule has 0 aromatic heterocycles. The number of rotatable bonds is 8. The van der Waals surface area contributed by atoms with Gasteiger partial charge in [-0.25, -0.2) is 0 Å². The van der Waals surface area contributed by atoms with E-state index >= 15 is 0 Å². The first kappa shape index (κ1) is 16.0. The van der Waals surface area contributed by atoms with Gasteiger partial charge in [0.25, 0.3) is 0 Å². The van der Waals surface area contributed by atoms with Crippen LogP contribution >= 0.6 is 15.9 Å². The molecule has 0 spiro atoms. The monoisotopic (exact) mass is 338 g/mol. The standard InChI is InChI=1S/C17H27BrN2/c1-4-17(2,12-19-16-9-10-16)13-20(3)11-14-5-7-15(18)8-6-14/h5-8,16,19H,4,9-13H2,1-3H3. The number of benzene rings is 1. The maximum atomic E-state index is 3.69. The van der Waals surface area contributed by atoms with E-state index in [0.717, 1.165) is 30.1 Å². The van der Waals surface area contributed by atoms with E-state index < -0.39 is 0 Å². The van der Waals surface area contributed by atoms with Crippen molar-refractivity contribution in [3.05, 3.63) is 34.3 Å². The first-order valence-electron chi connectivity index (χ1n) is 7.67. The number of nitrogens with one attached hydrogen (secondary N) is 1. The van der Waals surface area contributed by atoms with Crippen molar-refractivity contribution in [2.75, 3.05) is 20.1 Å². The fourth-order valence-corrected chi connectivity index (χ4v) is 2.84. The highest BCUT2D eigenvalue weighted by atomic mass is 79.9. The lowest BCUT2D eigenvalue weighted by atomic mass is 9.86. The van der Waals surface area contributed by atoms with Gasteiger partial charge in [-0.3, -0.25) is 0 Å². The molecule has 1 aromatic rings. The second-order valence-corrected chi connectivity index (χ2v) is 7.53. The largest absolute Gasteiger partial charge is 0.313 e. The lowest BCUT2D eigenvalue weighted by molar-refractivity contribution is 0.174. The molecular weight excluding hydrogens is 312 g/mol. The van der Waals surface area contributed by atoms with E-state index in [2.05, 4.69) is 71.3 Å². The molecule has 2 nitrogen and oxygen atoms in total. The highest BCUT2D eigenvalue weighted by molar-refractivity contribution is 9.10. The molecule has 2 rings (SSSR count). The van der Waals surface area contributed by atoms with Crippen molar-refractivity contribution >= 4 is 15.9 Å². The van der Waals surface area contributed by atoms with Crippen molar-refractivity contribution in [3.63, 3.8) is 0 Å². The Bertz CT molecular complexity index is 414. The van der Waals surface area contributed by atoms with Crippen LogP contribution in [0.2, 0.25) is 0 Å². The van der Waals surface area contributed by atoms with Gasteiger partial charge in [0.05, 0.1) is 0 Å². The second kappa shape index (κ2) is 7.06. The predicted molar refractivity (Wildman–Crippen MR) is 89.9 cm³/mol. The molecule has 1 saturated carbocycles. The topological polar surface area (TPSA) is 15.3 Å². The van der Waals surface area contributed by atoms with Crippen LogP contribution in [0.1, 0.15) is 38.7 Å². The third-order valence-electron chi connectivity index (χ3n) is 4.27. The normalized spacial score (nSPS) is 18.2. The molecule has 0 saturated heterocycles. The van der Waals surface area contributed by atoms with E-state index in [1.54, 1.807) is 0 Å². The second-order valence-electron chi connectivity index (χ2n) is 6.62. The molecule has 1 aliphatic rings. The van der Waals surface area contributed by atoms with Gasteiger partial charge in [-0.2, -0.15) is 0 Å². The van der Waals surface area contributed by atoms with Crippen LogP contribution in [0.25, 0.3) is 0 Å². The van der Waals surface area contributed by atoms with Crippen molar-refractivity contribution in [2.24, 2.45) is 5.41 Å². The first-order valence-corrected chi connectivity index (χ1v) is 8.46. The zero-order chi connectivity index (χ0) is 14.6. The SMILES string of the molecule is CCC(C)(CNC1CC1)CN(C)Cc1ccc(Br)cc1. The Hall–Kier alpha value is -0.380. The van der Waals surface area contributed by atoms with Gasteiger partial charge in [0.2, 0.25) is 0 Å². The summed E-state index contributed by atoms with van der Waals surface area (Å²) in [5.41, 5.74) is 1.75. The minimum absolute atomic E-state index is 0.368. The average Bonchev–Trinajstić information content (AvgIpc) is 3.23. The third-order valence-corrected chi connectivity index (χ3v) is 4.79. The molecule has 0 heterocycles. The number of hydrogen-bond donors (Lipinski definition) is 1. The molecule has 0 bridgehead atoms. The van der Waals surface area contributed by atoms with Crippen molar-refractivity contribution in [1.29, 1.82) is 0 Å². The zero-order valence-electron chi connectivity index (χ0n) is 13.0. The summed E-state index contributed by atoms with van der Waals surface area (Å²) in [7, 11) is 2.23. The molecule has 0 amide bonds. The fraction of sp³-hybridized carbons (Fsp3) is 0.647. The van der Waals surface area contributed by atoms with Gasteiger partial charge in [0.1, 0.15) is 0 Å². The molecular formula is C17H27BrN2. The van der Waals surface area contributed by atoms with Crippen molar-refractivity contribution < 1.29 is 0 Å². The van der Waals surface area contributed by atoms with Gasteiger partial charge >= 0.3 is 0 Å². The van der Waals surface area contributed by atoms with Crippen LogP contribution in [0.5, 0.6) is 0 Å². The summed E-state index contributed by atoms with van der Waals surface area (Å²) in [6.45, 7) is 8.01. The van der Waals surface area contributed by atoms with Crippen molar-refractivity contribution in [3.8, 4) is 0 Å². The van der Waals surface area contributed by atoms with E-state index in [9.17, 15) is 0 Å². The molecule has 1 atom stereocenters. The van der Waals surface area contributed by atoms with E-state index in [1.807, 2.05) is 0 Å². The smallest absolute Gasteiger partial charge is 0.0230 e. The van der Waals surface area contributed by atoms with Crippen LogP contribution in [0.3, 0.4) is 0 Å².